The van der Waals surface area contributed by atoms with Crippen molar-refractivity contribution in [1.82, 2.24) is 9.55 Å². The van der Waals surface area contributed by atoms with Gasteiger partial charge in [-0.25, -0.2) is 9.18 Å². The predicted molar refractivity (Wildman–Crippen MR) is 65.0 cm³/mol. The SMILES string of the molecule is COC(=O)c1cc(-c2ncc(F)cc2Cl)n(C)c1. The Balaban J connectivity index is 2.51. The molecule has 6 heteroatoms. The van der Waals surface area contributed by atoms with Crippen LogP contribution in [0.1, 0.15) is 10.4 Å². The average molecular weight is 269 g/mol. The molecule has 0 unspecified atom stereocenters. The predicted octanol–water partition coefficient (Wildman–Crippen LogP) is 2.67. The van der Waals surface area contributed by atoms with Crippen molar-refractivity contribution >= 4 is 17.6 Å². The van der Waals surface area contributed by atoms with Gasteiger partial charge in [-0.1, -0.05) is 11.6 Å². The van der Waals surface area contributed by atoms with Crippen LogP contribution in [0.3, 0.4) is 0 Å². The van der Waals surface area contributed by atoms with Gasteiger partial charge in [0.2, 0.25) is 0 Å². The Kier molecular flexibility index (Phi) is 3.34. The van der Waals surface area contributed by atoms with Gasteiger partial charge in [0, 0.05) is 13.2 Å². The van der Waals surface area contributed by atoms with E-state index in [-0.39, 0.29) is 5.02 Å². The number of nitrogens with zero attached hydrogens (tertiary/aromatic N) is 2. The third-order valence-corrected chi connectivity index (χ3v) is 2.76. The van der Waals surface area contributed by atoms with Crippen LogP contribution < -0.4 is 0 Å². The van der Waals surface area contributed by atoms with Crippen LogP contribution in [0.4, 0.5) is 4.39 Å². The Labute approximate surface area is 108 Å². The highest BCUT2D eigenvalue weighted by molar-refractivity contribution is 6.33. The van der Waals surface area contributed by atoms with Crippen LogP contribution >= 0.6 is 11.6 Å². The zero-order valence-corrected chi connectivity index (χ0v) is 10.5. The monoisotopic (exact) mass is 268 g/mol. The van der Waals surface area contributed by atoms with E-state index in [9.17, 15) is 9.18 Å². The molecule has 0 atom stereocenters. The van der Waals surface area contributed by atoms with Crippen LogP contribution in [-0.2, 0) is 11.8 Å². The van der Waals surface area contributed by atoms with E-state index in [1.54, 1.807) is 23.9 Å². The molecule has 94 valence electrons. The smallest absolute Gasteiger partial charge is 0.339 e. The van der Waals surface area contributed by atoms with E-state index in [0.29, 0.717) is 17.0 Å². The first-order valence-corrected chi connectivity index (χ1v) is 5.47. The van der Waals surface area contributed by atoms with Gasteiger partial charge >= 0.3 is 5.97 Å². The van der Waals surface area contributed by atoms with E-state index >= 15 is 0 Å². The fourth-order valence-electron chi connectivity index (χ4n) is 1.63. The number of hydrogen-bond acceptors (Lipinski definition) is 3. The maximum atomic E-state index is 12.9. The molecular formula is C12H10ClFN2O2. The van der Waals surface area contributed by atoms with Crippen molar-refractivity contribution in [3.8, 4) is 11.4 Å². The van der Waals surface area contributed by atoms with Gasteiger partial charge in [0.1, 0.15) is 11.5 Å². The first-order valence-electron chi connectivity index (χ1n) is 5.09. The van der Waals surface area contributed by atoms with E-state index in [4.69, 9.17) is 11.6 Å². The molecule has 0 aliphatic carbocycles. The van der Waals surface area contributed by atoms with E-state index in [2.05, 4.69) is 9.72 Å². The summed E-state index contributed by atoms with van der Waals surface area (Å²) in [5.74, 6) is -0.957. The fourth-order valence-corrected chi connectivity index (χ4v) is 1.88. The molecular weight excluding hydrogens is 259 g/mol. The van der Waals surface area contributed by atoms with Crippen LogP contribution in [0.15, 0.2) is 24.5 Å². The van der Waals surface area contributed by atoms with Crippen LogP contribution in [0, 0.1) is 5.82 Å². The van der Waals surface area contributed by atoms with Crippen molar-refractivity contribution < 1.29 is 13.9 Å². The third kappa shape index (κ3) is 2.22. The number of aromatic nitrogens is 2. The Morgan fingerprint density at radius 2 is 2.22 bits per heavy atom. The Morgan fingerprint density at radius 3 is 2.83 bits per heavy atom. The molecule has 0 amide bonds. The molecule has 0 radical (unpaired) electrons. The Bertz CT molecular complexity index is 610. The van der Waals surface area contributed by atoms with E-state index in [1.165, 1.54) is 13.2 Å². The highest BCUT2D eigenvalue weighted by Crippen LogP contribution is 2.27. The fraction of sp³-hybridized carbons (Fsp3) is 0.167. The third-order valence-electron chi connectivity index (χ3n) is 2.48. The molecule has 0 fully saturated rings. The number of pyridine rings is 1. The topological polar surface area (TPSA) is 44.1 Å². The second-order valence-electron chi connectivity index (χ2n) is 3.70. The average Bonchev–Trinajstić information content (AvgIpc) is 2.70. The van der Waals surface area contributed by atoms with Gasteiger partial charge in [0.15, 0.2) is 0 Å². The van der Waals surface area contributed by atoms with Crippen LogP contribution in [0.5, 0.6) is 0 Å². The minimum Gasteiger partial charge on any atom is -0.465 e. The summed E-state index contributed by atoms with van der Waals surface area (Å²) in [4.78, 5) is 15.3. The van der Waals surface area contributed by atoms with Gasteiger partial charge in [-0.05, 0) is 12.1 Å². The molecule has 2 rings (SSSR count). The van der Waals surface area contributed by atoms with Crippen LogP contribution in [0.25, 0.3) is 11.4 Å². The van der Waals surface area contributed by atoms with Crippen molar-refractivity contribution in [3.63, 3.8) is 0 Å². The number of hydrogen-bond donors (Lipinski definition) is 0. The van der Waals surface area contributed by atoms with Gasteiger partial charge < -0.3 is 9.30 Å². The van der Waals surface area contributed by atoms with Crippen molar-refractivity contribution in [2.75, 3.05) is 7.11 Å². The summed E-state index contributed by atoms with van der Waals surface area (Å²) in [6.07, 6.45) is 2.68. The highest BCUT2D eigenvalue weighted by Gasteiger charge is 2.15. The summed E-state index contributed by atoms with van der Waals surface area (Å²) in [6, 6.07) is 2.77. The summed E-state index contributed by atoms with van der Waals surface area (Å²) in [5.41, 5.74) is 1.41. The molecule has 4 nitrogen and oxygen atoms in total. The molecule has 0 bridgehead atoms. The van der Waals surface area contributed by atoms with Crippen molar-refractivity contribution in [2.45, 2.75) is 0 Å². The molecule has 18 heavy (non-hydrogen) atoms. The number of ether oxygens (including phenoxy) is 1. The maximum absolute atomic E-state index is 12.9. The lowest BCUT2D eigenvalue weighted by atomic mass is 10.2. The number of rotatable bonds is 2. The van der Waals surface area contributed by atoms with Crippen molar-refractivity contribution in [1.29, 1.82) is 0 Å². The summed E-state index contributed by atoms with van der Waals surface area (Å²) in [7, 11) is 3.04. The zero-order valence-electron chi connectivity index (χ0n) is 9.78. The number of carbonyl (C=O) groups is 1. The lowest BCUT2D eigenvalue weighted by Gasteiger charge is -2.04. The second-order valence-corrected chi connectivity index (χ2v) is 4.11. The number of halogens is 2. The molecule has 0 spiro atoms. The van der Waals surface area contributed by atoms with E-state index < -0.39 is 11.8 Å². The molecule has 0 N–H and O–H groups in total. The standard InChI is InChI=1S/C12H10ClFN2O2/c1-16-6-7(12(17)18-2)3-10(16)11-9(13)4-8(14)5-15-11/h3-6H,1-2H3. The van der Waals surface area contributed by atoms with Crippen molar-refractivity contribution in [2.24, 2.45) is 7.05 Å². The van der Waals surface area contributed by atoms with Gasteiger partial charge in [-0.2, -0.15) is 0 Å². The number of carbonyl (C=O) groups excluding carboxylic acids is 1. The lowest BCUT2D eigenvalue weighted by molar-refractivity contribution is 0.0600. The van der Waals surface area contributed by atoms with Gasteiger partial charge in [0.05, 0.1) is 29.6 Å². The summed E-state index contributed by atoms with van der Waals surface area (Å²) in [5, 5.41) is 0.188. The number of methoxy groups -OCH3 is 1. The number of aryl methyl sites for hydroxylation is 1. The van der Waals surface area contributed by atoms with Gasteiger partial charge in [-0.3, -0.25) is 4.98 Å². The van der Waals surface area contributed by atoms with Crippen molar-refractivity contribution in [3.05, 3.63) is 40.9 Å². The first-order chi connectivity index (χ1) is 8.52. The zero-order chi connectivity index (χ0) is 13.3. The molecule has 0 aliphatic rings. The first kappa shape index (κ1) is 12.6. The molecule has 0 saturated carbocycles. The molecule has 0 aliphatic heterocycles. The molecule has 0 aromatic carbocycles. The highest BCUT2D eigenvalue weighted by atomic mass is 35.5. The summed E-state index contributed by atoms with van der Waals surface area (Å²) in [6.45, 7) is 0. The lowest BCUT2D eigenvalue weighted by Crippen LogP contribution is -1.98. The van der Waals surface area contributed by atoms with Crippen LogP contribution in [0.2, 0.25) is 5.02 Å². The molecule has 2 aromatic heterocycles. The second kappa shape index (κ2) is 4.78. The van der Waals surface area contributed by atoms with Crippen LogP contribution in [-0.4, -0.2) is 22.6 Å². The largest absolute Gasteiger partial charge is 0.465 e. The molecule has 2 aromatic rings. The van der Waals surface area contributed by atoms with Gasteiger partial charge in [-0.15, -0.1) is 0 Å². The minimum absolute atomic E-state index is 0.188. The summed E-state index contributed by atoms with van der Waals surface area (Å²) < 4.78 is 19.2. The number of esters is 1. The molecule has 2 heterocycles. The summed E-state index contributed by atoms with van der Waals surface area (Å²) >= 11 is 5.93. The minimum atomic E-state index is -0.508. The van der Waals surface area contributed by atoms with E-state index in [0.717, 1.165) is 6.20 Å². The Hall–Kier alpha value is -1.88. The normalized spacial score (nSPS) is 10.4. The maximum Gasteiger partial charge on any atom is 0.339 e. The Morgan fingerprint density at radius 1 is 1.50 bits per heavy atom. The quantitative estimate of drug-likeness (QED) is 0.787. The van der Waals surface area contributed by atoms with Gasteiger partial charge in [0.25, 0.3) is 0 Å². The van der Waals surface area contributed by atoms with E-state index in [1.807, 2.05) is 0 Å². The molecule has 0 saturated heterocycles.